The molecule has 8 nitrogen and oxygen atoms in total. The SMILES string of the molecule is COc1ccc(C(=O)COC(=O)CCN2C(=O)[C@H]3CCCC[C@@H]3C2=O)cc1OC. The topological polar surface area (TPSA) is 99.2 Å². The van der Waals surface area contributed by atoms with E-state index in [1.807, 2.05) is 0 Å². The van der Waals surface area contributed by atoms with Gasteiger partial charge in [0.25, 0.3) is 0 Å². The van der Waals surface area contributed by atoms with Crippen LogP contribution in [0.3, 0.4) is 0 Å². The van der Waals surface area contributed by atoms with Crippen molar-refractivity contribution in [3.8, 4) is 11.5 Å². The maximum Gasteiger partial charge on any atom is 0.308 e. The van der Waals surface area contributed by atoms with E-state index in [9.17, 15) is 19.2 Å². The fraction of sp³-hybridized carbons (Fsp3) is 0.524. The van der Waals surface area contributed by atoms with Gasteiger partial charge in [0.15, 0.2) is 23.9 Å². The molecule has 29 heavy (non-hydrogen) atoms. The minimum absolute atomic E-state index is 0.00590. The third kappa shape index (κ3) is 4.41. The van der Waals surface area contributed by atoms with Crippen molar-refractivity contribution >= 4 is 23.6 Å². The molecule has 156 valence electrons. The molecule has 1 aliphatic heterocycles. The van der Waals surface area contributed by atoms with Crippen LogP contribution in [-0.4, -0.2) is 55.8 Å². The number of esters is 1. The Morgan fingerprint density at radius 2 is 1.62 bits per heavy atom. The molecule has 2 aliphatic rings. The summed E-state index contributed by atoms with van der Waals surface area (Å²) in [5, 5.41) is 0. The lowest BCUT2D eigenvalue weighted by Crippen LogP contribution is -2.33. The summed E-state index contributed by atoms with van der Waals surface area (Å²) in [6.07, 6.45) is 3.24. The standard InChI is InChI=1S/C21H25NO7/c1-27-17-8-7-13(11-18(17)28-2)16(23)12-29-19(24)9-10-22-20(25)14-5-3-4-6-15(14)21(22)26/h7-8,11,14-15H,3-6,9-10,12H2,1-2H3/t14-,15-/m0/s1. The van der Waals surface area contributed by atoms with Gasteiger partial charge in [0.1, 0.15) is 0 Å². The van der Waals surface area contributed by atoms with Crippen LogP contribution >= 0.6 is 0 Å². The summed E-state index contributed by atoms with van der Waals surface area (Å²) in [5.74, 6) is -0.979. The predicted octanol–water partition coefficient (Wildman–Crippen LogP) is 1.99. The number of fused-ring (bicyclic) bond motifs is 1. The number of methoxy groups -OCH3 is 2. The molecule has 0 radical (unpaired) electrons. The van der Waals surface area contributed by atoms with E-state index in [-0.39, 0.29) is 36.6 Å². The number of Topliss-reactive ketones (excluding diaryl/α,β-unsaturated/α-hetero) is 1. The fourth-order valence-electron chi connectivity index (χ4n) is 3.97. The summed E-state index contributed by atoms with van der Waals surface area (Å²) in [5.41, 5.74) is 0.324. The van der Waals surface area contributed by atoms with E-state index in [1.165, 1.54) is 25.2 Å². The molecule has 0 aromatic heterocycles. The van der Waals surface area contributed by atoms with Crippen molar-refractivity contribution < 1.29 is 33.4 Å². The summed E-state index contributed by atoms with van der Waals surface area (Å²) in [4.78, 5) is 50.3. The van der Waals surface area contributed by atoms with Crippen molar-refractivity contribution in [2.24, 2.45) is 11.8 Å². The van der Waals surface area contributed by atoms with Crippen molar-refractivity contribution in [3.05, 3.63) is 23.8 Å². The van der Waals surface area contributed by atoms with Gasteiger partial charge in [0, 0.05) is 12.1 Å². The molecule has 0 bridgehead atoms. The summed E-state index contributed by atoms with van der Waals surface area (Å²) >= 11 is 0. The third-order valence-electron chi connectivity index (χ3n) is 5.54. The van der Waals surface area contributed by atoms with Crippen molar-refractivity contribution in [2.45, 2.75) is 32.1 Å². The van der Waals surface area contributed by atoms with E-state index in [4.69, 9.17) is 14.2 Å². The van der Waals surface area contributed by atoms with E-state index < -0.39 is 18.4 Å². The van der Waals surface area contributed by atoms with Crippen LogP contribution < -0.4 is 9.47 Å². The first-order valence-electron chi connectivity index (χ1n) is 9.72. The maximum absolute atomic E-state index is 12.4. The van der Waals surface area contributed by atoms with Gasteiger partial charge in [-0.05, 0) is 31.0 Å². The Bertz CT molecular complexity index is 795. The van der Waals surface area contributed by atoms with Crippen LogP contribution in [0.25, 0.3) is 0 Å². The predicted molar refractivity (Wildman–Crippen MR) is 102 cm³/mol. The Morgan fingerprint density at radius 1 is 1.00 bits per heavy atom. The lowest BCUT2D eigenvalue weighted by atomic mass is 9.81. The molecule has 0 N–H and O–H groups in total. The van der Waals surface area contributed by atoms with Gasteiger partial charge in [-0.25, -0.2) is 0 Å². The average molecular weight is 403 g/mol. The Morgan fingerprint density at radius 3 is 2.21 bits per heavy atom. The first-order valence-corrected chi connectivity index (χ1v) is 9.72. The molecule has 2 amide bonds. The second-order valence-corrected chi connectivity index (χ2v) is 7.23. The number of carbonyl (C=O) groups is 4. The molecule has 1 aromatic carbocycles. The van der Waals surface area contributed by atoms with Crippen LogP contribution in [0.4, 0.5) is 0 Å². The van der Waals surface area contributed by atoms with E-state index >= 15 is 0 Å². The first-order chi connectivity index (χ1) is 14.0. The van der Waals surface area contributed by atoms with E-state index in [2.05, 4.69) is 0 Å². The molecule has 1 aromatic rings. The van der Waals surface area contributed by atoms with E-state index in [0.29, 0.717) is 17.1 Å². The number of ketones is 1. The number of imide groups is 1. The molecule has 1 heterocycles. The number of carbonyl (C=O) groups excluding carboxylic acids is 4. The quantitative estimate of drug-likeness (QED) is 0.372. The number of nitrogens with zero attached hydrogens (tertiary/aromatic N) is 1. The minimum Gasteiger partial charge on any atom is -0.493 e. The minimum atomic E-state index is -0.630. The number of hydrogen-bond acceptors (Lipinski definition) is 7. The number of benzene rings is 1. The number of ether oxygens (including phenoxy) is 3. The highest BCUT2D eigenvalue weighted by Gasteiger charge is 2.47. The fourth-order valence-corrected chi connectivity index (χ4v) is 3.97. The zero-order valence-electron chi connectivity index (χ0n) is 16.6. The monoisotopic (exact) mass is 403 g/mol. The third-order valence-corrected chi connectivity index (χ3v) is 5.54. The number of amides is 2. The highest BCUT2D eigenvalue weighted by atomic mass is 16.5. The van der Waals surface area contributed by atoms with E-state index in [1.54, 1.807) is 12.1 Å². The molecule has 2 atom stereocenters. The molecule has 8 heteroatoms. The zero-order chi connectivity index (χ0) is 21.0. The maximum atomic E-state index is 12.4. The highest BCUT2D eigenvalue weighted by molar-refractivity contribution is 6.05. The zero-order valence-corrected chi connectivity index (χ0v) is 16.6. The molecular formula is C21H25NO7. The Balaban J connectivity index is 1.49. The van der Waals surface area contributed by atoms with Gasteiger partial charge in [-0.3, -0.25) is 24.1 Å². The van der Waals surface area contributed by atoms with Crippen LogP contribution in [0, 0.1) is 11.8 Å². The number of hydrogen-bond donors (Lipinski definition) is 0. The molecule has 1 saturated carbocycles. The normalized spacial score (nSPS) is 21.0. The van der Waals surface area contributed by atoms with Gasteiger partial charge in [0.2, 0.25) is 11.8 Å². The summed E-state index contributed by atoms with van der Waals surface area (Å²) in [7, 11) is 2.95. The number of rotatable bonds is 8. The summed E-state index contributed by atoms with van der Waals surface area (Å²) in [6, 6.07) is 4.66. The lowest BCUT2D eigenvalue weighted by Gasteiger charge is -2.19. The van der Waals surface area contributed by atoms with E-state index in [0.717, 1.165) is 25.7 Å². The smallest absolute Gasteiger partial charge is 0.308 e. The van der Waals surface area contributed by atoms with Crippen molar-refractivity contribution in [1.29, 1.82) is 0 Å². The number of likely N-dealkylation sites (tertiary alicyclic amines) is 1. The second-order valence-electron chi connectivity index (χ2n) is 7.23. The molecule has 1 saturated heterocycles. The van der Waals surface area contributed by atoms with Crippen LogP contribution in [0.15, 0.2) is 18.2 Å². The van der Waals surface area contributed by atoms with Crippen LogP contribution in [-0.2, 0) is 19.1 Å². The highest BCUT2D eigenvalue weighted by Crippen LogP contribution is 2.38. The van der Waals surface area contributed by atoms with Gasteiger partial charge >= 0.3 is 5.97 Å². The molecule has 2 fully saturated rings. The Labute approximate surface area is 169 Å². The molecule has 0 unspecified atom stereocenters. The molecule has 3 rings (SSSR count). The van der Waals surface area contributed by atoms with Crippen molar-refractivity contribution in [2.75, 3.05) is 27.4 Å². The average Bonchev–Trinajstić information content (AvgIpc) is 3.00. The molecule has 0 spiro atoms. The van der Waals surface area contributed by atoms with Gasteiger partial charge in [-0.15, -0.1) is 0 Å². The first kappa shape index (κ1) is 20.8. The molecular weight excluding hydrogens is 378 g/mol. The Kier molecular flexibility index (Phi) is 6.51. The van der Waals surface area contributed by atoms with Gasteiger partial charge < -0.3 is 14.2 Å². The lowest BCUT2D eigenvalue weighted by molar-refractivity contribution is -0.145. The largest absolute Gasteiger partial charge is 0.493 e. The molecule has 1 aliphatic carbocycles. The van der Waals surface area contributed by atoms with Crippen molar-refractivity contribution in [3.63, 3.8) is 0 Å². The van der Waals surface area contributed by atoms with Gasteiger partial charge in [-0.2, -0.15) is 0 Å². The Hall–Kier alpha value is -2.90. The van der Waals surface area contributed by atoms with Crippen LogP contribution in [0.2, 0.25) is 0 Å². The summed E-state index contributed by atoms with van der Waals surface area (Å²) < 4.78 is 15.3. The van der Waals surface area contributed by atoms with Crippen molar-refractivity contribution in [1.82, 2.24) is 4.90 Å². The van der Waals surface area contributed by atoms with Crippen LogP contribution in [0.1, 0.15) is 42.5 Å². The van der Waals surface area contributed by atoms with Crippen LogP contribution in [0.5, 0.6) is 11.5 Å². The summed E-state index contributed by atoms with van der Waals surface area (Å²) in [6.45, 7) is -0.435. The second kappa shape index (κ2) is 9.07. The van der Waals surface area contributed by atoms with Gasteiger partial charge in [0.05, 0.1) is 32.5 Å². The van der Waals surface area contributed by atoms with Gasteiger partial charge in [-0.1, -0.05) is 12.8 Å².